The number of hydrogen-bond acceptors (Lipinski definition) is 8. The largest absolute Gasteiger partial charge is 0.487 e. The zero-order chi connectivity index (χ0) is 29.9. The van der Waals surface area contributed by atoms with Gasteiger partial charge in [0.05, 0.1) is 13.2 Å². The Morgan fingerprint density at radius 3 is 2.60 bits per heavy atom. The first-order valence-corrected chi connectivity index (χ1v) is 14.9. The number of pyridine rings is 1. The zero-order valence-electron chi connectivity index (χ0n) is 23.5. The Kier molecular flexibility index (Phi) is 8.54. The SMILES string of the molecule is C[C@@H]1CN([C@@H](C)CO)S(=O)(=O)c2ccc(C#Cc3ccncc3)cc2O[C@@H]1CN(C)C(=O)Nc1ccc2c(c1)OCO2. The van der Waals surface area contributed by atoms with E-state index in [2.05, 4.69) is 22.1 Å². The lowest BCUT2D eigenvalue weighted by Gasteiger charge is -2.37. The molecule has 2 aliphatic heterocycles. The van der Waals surface area contributed by atoms with E-state index >= 15 is 0 Å². The first kappa shape index (κ1) is 29.2. The molecule has 2 amide bonds. The Labute approximate surface area is 245 Å². The van der Waals surface area contributed by atoms with Gasteiger partial charge in [0.15, 0.2) is 11.5 Å². The fraction of sp³-hybridized carbons (Fsp3) is 0.333. The third kappa shape index (κ3) is 6.28. The lowest BCUT2D eigenvalue weighted by molar-refractivity contribution is 0.0830. The second-order valence-electron chi connectivity index (χ2n) is 10.3. The monoisotopic (exact) mass is 592 g/mol. The van der Waals surface area contributed by atoms with Crippen LogP contribution in [0.5, 0.6) is 17.2 Å². The summed E-state index contributed by atoms with van der Waals surface area (Å²) in [5.41, 5.74) is 1.86. The van der Waals surface area contributed by atoms with Crippen LogP contribution < -0.4 is 19.5 Å². The summed E-state index contributed by atoms with van der Waals surface area (Å²) in [7, 11) is -2.37. The molecule has 12 heteroatoms. The van der Waals surface area contributed by atoms with Gasteiger partial charge in [0.1, 0.15) is 16.7 Å². The van der Waals surface area contributed by atoms with E-state index in [-0.39, 0.29) is 49.1 Å². The molecule has 2 aromatic carbocycles. The van der Waals surface area contributed by atoms with Crippen molar-refractivity contribution in [2.75, 3.05) is 38.9 Å². The Hall–Kier alpha value is -4.31. The van der Waals surface area contributed by atoms with Crippen molar-refractivity contribution >= 4 is 21.7 Å². The molecule has 0 unspecified atom stereocenters. The molecule has 42 heavy (non-hydrogen) atoms. The molecular formula is C30H32N4O7S. The van der Waals surface area contributed by atoms with Gasteiger partial charge in [-0.1, -0.05) is 18.8 Å². The minimum Gasteiger partial charge on any atom is -0.487 e. The maximum absolute atomic E-state index is 13.7. The van der Waals surface area contributed by atoms with E-state index < -0.39 is 22.2 Å². The third-order valence-corrected chi connectivity index (χ3v) is 9.14. The first-order chi connectivity index (χ1) is 20.2. The van der Waals surface area contributed by atoms with E-state index in [1.54, 1.807) is 68.8 Å². The summed E-state index contributed by atoms with van der Waals surface area (Å²) in [4.78, 5) is 18.6. The Morgan fingerprint density at radius 1 is 1.10 bits per heavy atom. The molecule has 220 valence electrons. The summed E-state index contributed by atoms with van der Waals surface area (Å²) < 4.78 is 45.8. The van der Waals surface area contributed by atoms with Crippen LogP contribution in [-0.2, 0) is 10.0 Å². The highest BCUT2D eigenvalue weighted by atomic mass is 32.2. The van der Waals surface area contributed by atoms with Crippen LogP contribution >= 0.6 is 0 Å². The summed E-state index contributed by atoms with van der Waals surface area (Å²) in [5.74, 6) is 7.04. The number of ether oxygens (including phenoxy) is 3. The van der Waals surface area contributed by atoms with Crippen LogP contribution in [0.3, 0.4) is 0 Å². The standard InChI is InChI=1S/C30H32N4O7S/c1-20-16-34(21(2)18-35)42(37,38)29-9-6-23(5-4-22-10-12-31-13-11-22)14-27(29)41-28(20)17-33(3)30(36)32-24-7-8-25-26(15-24)40-19-39-25/h6-15,20-21,28,35H,16-19H2,1-3H3,(H,32,36)/t20-,21+,28-/m1/s1. The van der Waals surface area contributed by atoms with Gasteiger partial charge in [0, 0.05) is 60.8 Å². The van der Waals surface area contributed by atoms with Crippen LogP contribution in [0.4, 0.5) is 10.5 Å². The van der Waals surface area contributed by atoms with E-state index in [9.17, 15) is 18.3 Å². The number of anilines is 1. The molecule has 3 heterocycles. The van der Waals surface area contributed by atoms with Gasteiger partial charge >= 0.3 is 6.03 Å². The second kappa shape index (κ2) is 12.3. The van der Waals surface area contributed by atoms with Crippen molar-refractivity contribution in [2.45, 2.75) is 30.9 Å². The molecule has 0 bridgehead atoms. The number of hydrogen-bond donors (Lipinski definition) is 2. The highest BCUT2D eigenvalue weighted by Gasteiger charge is 2.38. The van der Waals surface area contributed by atoms with Crippen molar-refractivity contribution in [1.82, 2.24) is 14.2 Å². The minimum atomic E-state index is -4.01. The molecule has 0 saturated carbocycles. The zero-order valence-corrected chi connectivity index (χ0v) is 24.3. The predicted octanol–water partition coefficient (Wildman–Crippen LogP) is 3.14. The molecule has 11 nitrogen and oxygen atoms in total. The van der Waals surface area contributed by atoms with E-state index in [1.807, 2.05) is 6.92 Å². The molecule has 2 N–H and O–H groups in total. The number of nitrogens with one attached hydrogen (secondary N) is 1. The first-order valence-electron chi connectivity index (χ1n) is 13.4. The number of likely N-dealkylation sites (N-methyl/N-ethyl adjacent to an activating group) is 1. The quantitative estimate of drug-likeness (QED) is 0.432. The van der Waals surface area contributed by atoms with Crippen molar-refractivity contribution in [2.24, 2.45) is 5.92 Å². The number of nitrogens with zero attached hydrogens (tertiary/aromatic N) is 3. The molecule has 3 atom stereocenters. The Bertz CT molecular complexity index is 1620. The number of aromatic nitrogens is 1. The lowest BCUT2D eigenvalue weighted by Crippen LogP contribution is -2.50. The Balaban J connectivity index is 1.42. The normalized spacial score (nSPS) is 19.6. The van der Waals surface area contributed by atoms with Gasteiger partial charge in [-0.2, -0.15) is 4.31 Å². The van der Waals surface area contributed by atoms with E-state index in [1.165, 1.54) is 15.3 Å². The number of carbonyl (C=O) groups is 1. The van der Waals surface area contributed by atoms with Crippen LogP contribution in [0.2, 0.25) is 0 Å². The predicted molar refractivity (Wildman–Crippen MR) is 155 cm³/mol. The molecule has 0 spiro atoms. The molecule has 5 rings (SSSR count). The smallest absolute Gasteiger partial charge is 0.321 e. The number of aliphatic hydroxyl groups excluding tert-OH is 1. The van der Waals surface area contributed by atoms with Crippen LogP contribution in [-0.4, -0.2) is 79.4 Å². The molecule has 2 aliphatic rings. The minimum absolute atomic E-state index is 0.0263. The van der Waals surface area contributed by atoms with Gasteiger partial charge < -0.3 is 29.5 Å². The van der Waals surface area contributed by atoms with Crippen molar-refractivity contribution in [3.05, 3.63) is 72.1 Å². The average Bonchev–Trinajstić information content (AvgIpc) is 3.46. The fourth-order valence-corrected chi connectivity index (χ4v) is 6.47. The van der Waals surface area contributed by atoms with Crippen molar-refractivity contribution < 1.29 is 32.5 Å². The molecule has 0 saturated heterocycles. The van der Waals surface area contributed by atoms with Crippen LogP contribution in [0.25, 0.3) is 0 Å². The number of rotatable bonds is 5. The fourth-order valence-electron chi connectivity index (χ4n) is 4.65. The van der Waals surface area contributed by atoms with Crippen LogP contribution in [0, 0.1) is 17.8 Å². The summed E-state index contributed by atoms with van der Waals surface area (Å²) in [5, 5.41) is 12.7. The van der Waals surface area contributed by atoms with Crippen molar-refractivity contribution in [1.29, 1.82) is 0 Å². The molecule has 0 radical (unpaired) electrons. The number of urea groups is 1. The van der Waals surface area contributed by atoms with Crippen molar-refractivity contribution in [3.63, 3.8) is 0 Å². The van der Waals surface area contributed by atoms with Gasteiger partial charge in [0.2, 0.25) is 16.8 Å². The van der Waals surface area contributed by atoms with Crippen LogP contribution in [0.1, 0.15) is 25.0 Å². The average molecular weight is 593 g/mol. The number of aliphatic hydroxyl groups is 1. The number of fused-ring (bicyclic) bond motifs is 2. The van der Waals surface area contributed by atoms with E-state index in [0.29, 0.717) is 22.7 Å². The van der Waals surface area contributed by atoms with E-state index in [4.69, 9.17) is 14.2 Å². The van der Waals surface area contributed by atoms with Gasteiger partial charge in [0.25, 0.3) is 0 Å². The second-order valence-corrected chi connectivity index (χ2v) is 12.1. The molecule has 0 aliphatic carbocycles. The maximum atomic E-state index is 13.7. The van der Waals surface area contributed by atoms with E-state index in [0.717, 1.165) is 5.56 Å². The highest BCUT2D eigenvalue weighted by molar-refractivity contribution is 7.89. The van der Waals surface area contributed by atoms with Gasteiger partial charge in [-0.15, -0.1) is 0 Å². The topological polar surface area (TPSA) is 131 Å². The maximum Gasteiger partial charge on any atom is 0.321 e. The number of benzene rings is 2. The molecule has 1 aromatic heterocycles. The highest BCUT2D eigenvalue weighted by Crippen LogP contribution is 2.35. The number of amides is 2. The van der Waals surface area contributed by atoms with Crippen LogP contribution in [0.15, 0.2) is 65.8 Å². The third-order valence-electron chi connectivity index (χ3n) is 7.12. The number of carbonyl (C=O) groups excluding carboxylic acids is 1. The Morgan fingerprint density at radius 2 is 1.83 bits per heavy atom. The summed E-state index contributed by atoms with van der Waals surface area (Å²) >= 11 is 0. The van der Waals surface area contributed by atoms with Gasteiger partial charge in [-0.25, -0.2) is 13.2 Å². The molecular weight excluding hydrogens is 560 g/mol. The summed E-state index contributed by atoms with van der Waals surface area (Å²) in [6.07, 6.45) is 2.70. The van der Waals surface area contributed by atoms with Gasteiger partial charge in [-0.05, 0) is 49.4 Å². The summed E-state index contributed by atoms with van der Waals surface area (Å²) in [6, 6.07) is 12.3. The lowest BCUT2D eigenvalue weighted by atomic mass is 10.0. The molecule has 0 fully saturated rings. The van der Waals surface area contributed by atoms with Gasteiger partial charge in [-0.3, -0.25) is 4.98 Å². The summed E-state index contributed by atoms with van der Waals surface area (Å²) in [6.45, 7) is 3.55. The molecule has 3 aromatic rings. The van der Waals surface area contributed by atoms with Crippen molar-refractivity contribution in [3.8, 4) is 29.1 Å². The number of sulfonamides is 1.